The number of hydrogen-bond acceptors (Lipinski definition) is 2. The van der Waals surface area contributed by atoms with Gasteiger partial charge in [-0.25, -0.2) is 0 Å². The van der Waals surface area contributed by atoms with Gasteiger partial charge in [0.15, 0.2) is 0 Å². The van der Waals surface area contributed by atoms with Crippen molar-refractivity contribution in [2.75, 3.05) is 6.54 Å². The molecule has 1 N–H and O–H groups in total. The van der Waals surface area contributed by atoms with Crippen molar-refractivity contribution in [2.45, 2.75) is 37.6 Å². The molecule has 2 aliphatic rings. The fraction of sp³-hybridized carbons (Fsp3) is 0.391. The molecule has 0 bridgehead atoms. The summed E-state index contributed by atoms with van der Waals surface area (Å²) in [6.07, 6.45) is 2.56. The highest BCUT2D eigenvalue weighted by molar-refractivity contribution is 6.30. The second-order valence-electron chi connectivity index (χ2n) is 8.12. The summed E-state index contributed by atoms with van der Waals surface area (Å²) < 4.78 is 0. The summed E-state index contributed by atoms with van der Waals surface area (Å²) in [6, 6.07) is 15.1. The molecule has 3 atom stereocenters. The van der Waals surface area contributed by atoms with E-state index in [9.17, 15) is 14.7 Å². The minimum atomic E-state index is -0.940. The van der Waals surface area contributed by atoms with E-state index < -0.39 is 11.9 Å². The Balaban J connectivity index is 1.78. The van der Waals surface area contributed by atoms with Gasteiger partial charge in [0.25, 0.3) is 0 Å². The van der Waals surface area contributed by atoms with Crippen LogP contribution in [0.25, 0.3) is 0 Å². The molecule has 1 saturated heterocycles. The third kappa shape index (κ3) is 4.59. The topological polar surface area (TPSA) is 57.6 Å². The number of carbonyl (C=O) groups is 2. The molecule has 2 fully saturated rings. The van der Waals surface area contributed by atoms with Crippen molar-refractivity contribution in [3.8, 4) is 0 Å². The first-order valence-electron chi connectivity index (χ1n) is 9.95. The van der Waals surface area contributed by atoms with Gasteiger partial charge in [0, 0.05) is 28.4 Å². The van der Waals surface area contributed by atoms with Crippen molar-refractivity contribution < 1.29 is 14.7 Å². The lowest BCUT2D eigenvalue weighted by Gasteiger charge is -2.45. The van der Waals surface area contributed by atoms with Crippen LogP contribution in [-0.4, -0.2) is 28.4 Å². The van der Waals surface area contributed by atoms with E-state index in [1.54, 1.807) is 0 Å². The van der Waals surface area contributed by atoms with Gasteiger partial charge >= 0.3 is 5.97 Å². The Kier molecular flexibility index (Phi) is 5.84. The molecule has 2 aromatic carbocycles. The quantitative estimate of drug-likeness (QED) is 0.651. The number of rotatable bonds is 6. The van der Waals surface area contributed by atoms with Crippen molar-refractivity contribution in [3.05, 3.63) is 69.7 Å². The number of carboxylic acids is 1. The lowest BCUT2D eigenvalue weighted by Crippen LogP contribution is -2.48. The van der Waals surface area contributed by atoms with Gasteiger partial charge in [-0.05, 0) is 60.6 Å². The molecule has 1 aliphatic heterocycles. The van der Waals surface area contributed by atoms with Crippen molar-refractivity contribution in [2.24, 2.45) is 11.8 Å². The number of halogens is 2. The van der Waals surface area contributed by atoms with Gasteiger partial charge < -0.3 is 10.0 Å². The molecule has 0 radical (unpaired) electrons. The predicted molar refractivity (Wildman–Crippen MR) is 113 cm³/mol. The molecule has 1 saturated carbocycles. The van der Waals surface area contributed by atoms with Gasteiger partial charge in [0.1, 0.15) is 0 Å². The van der Waals surface area contributed by atoms with Crippen LogP contribution in [0.5, 0.6) is 0 Å². The Labute approximate surface area is 180 Å². The number of nitrogens with zero attached hydrogens (tertiary/aromatic N) is 1. The Morgan fingerprint density at radius 3 is 2.38 bits per heavy atom. The molecule has 1 amide bonds. The van der Waals surface area contributed by atoms with Crippen LogP contribution in [0.3, 0.4) is 0 Å². The average Bonchev–Trinajstić information content (AvgIpc) is 3.49. The highest BCUT2D eigenvalue weighted by Crippen LogP contribution is 2.48. The lowest BCUT2D eigenvalue weighted by atomic mass is 9.75. The van der Waals surface area contributed by atoms with E-state index in [0.29, 0.717) is 28.9 Å². The maximum atomic E-state index is 13.3. The summed E-state index contributed by atoms with van der Waals surface area (Å²) in [5, 5.41) is 10.7. The van der Waals surface area contributed by atoms with Crippen molar-refractivity contribution >= 4 is 35.1 Å². The second kappa shape index (κ2) is 8.37. The number of carbonyl (C=O) groups excluding carboxylic acids is 1. The Morgan fingerprint density at radius 2 is 1.76 bits per heavy atom. The summed E-state index contributed by atoms with van der Waals surface area (Å²) in [4.78, 5) is 26.7. The van der Waals surface area contributed by atoms with Crippen molar-refractivity contribution in [1.82, 2.24) is 4.90 Å². The van der Waals surface area contributed by atoms with Gasteiger partial charge in [-0.15, -0.1) is 0 Å². The van der Waals surface area contributed by atoms with Gasteiger partial charge in [0.05, 0.1) is 12.5 Å². The van der Waals surface area contributed by atoms with E-state index in [-0.39, 0.29) is 24.3 Å². The summed E-state index contributed by atoms with van der Waals surface area (Å²) in [5.41, 5.74) is 2.04. The highest BCUT2D eigenvalue weighted by atomic mass is 35.5. The lowest BCUT2D eigenvalue weighted by molar-refractivity contribution is -0.150. The molecule has 152 valence electrons. The minimum absolute atomic E-state index is 0.0318. The molecule has 1 aliphatic carbocycles. The van der Waals surface area contributed by atoms with Crippen molar-refractivity contribution in [1.29, 1.82) is 0 Å². The van der Waals surface area contributed by atoms with E-state index in [1.807, 2.05) is 53.4 Å². The van der Waals surface area contributed by atoms with E-state index in [4.69, 9.17) is 23.2 Å². The molecule has 0 aromatic heterocycles. The zero-order valence-electron chi connectivity index (χ0n) is 15.9. The second-order valence-corrected chi connectivity index (χ2v) is 9.00. The molecule has 2 aromatic rings. The van der Waals surface area contributed by atoms with E-state index in [2.05, 4.69) is 0 Å². The van der Waals surface area contributed by atoms with Crippen LogP contribution in [-0.2, 0) is 9.59 Å². The molecular weight excluding hydrogens is 409 g/mol. The van der Waals surface area contributed by atoms with Gasteiger partial charge in [-0.3, -0.25) is 9.59 Å². The van der Waals surface area contributed by atoms with Crippen LogP contribution >= 0.6 is 23.2 Å². The van der Waals surface area contributed by atoms with Crippen LogP contribution in [0, 0.1) is 11.8 Å². The third-order valence-corrected chi connectivity index (χ3v) is 6.44. The molecule has 4 nitrogen and oxygen atoms in total. The number of carboxylic acid groups (broad SMARTS) is 1. The number of amides is 1. The van der Waals surface area contributed by atoms with Gasteiger partial charge in [-0.2, -0.15) is 0 Å². The van der Waals surface area contributed by atoms with Crippen LogP contribution in [0.1, 0.15) is 48.8 Å². The van der Waals surface area contributed by atoms with E-state index in [1.165, 1.54) is 0 Å². The average molecular weight is 432 g/mol. The fourth-order valence-corrected chi connectivity index (χ4v) is 4.74. The molecule has 4 rings (SSSR count). The predicted octanol–water partition coefficient (Wildman–Crippen LogP) is 5.55. The zero-order chi connectivity index (χ0) is 20.5. The number of benzene rings is 2. The molecule has 6 heteroatoms. The first-order valence-corrected chi connectivity index (χ1v) is 10.7. The maximum absolute atomic E-state index is 13.3. The summed E-state index contributed by atoms with van der Waals surface area (Å²) in [7, 11) is 0. The smallest absolute Gasteiger partial charge is 0.304 e. The number of likely N-dealkylation sites (tertiary alicyclic amines) is 1. The summed E-state index contributed by atoms with van der Waals surface area (Å²) in [6.45, 7) is 0.666. The Hall–Kier alpha value is -2.04. The van der Waals surface area contributed by atoms with Gasteiger partial charge in [0.2, 0.25) is 5.91 Å². The fourth-order valence-electron chi connectivity index (χ4n) is 4.42. The Bertz CT molecular complexity index is 911. The highest BCUT2D eigenvalue weighted by Gasteiger charge is 2.45. The van der Waals surface area contributed by atoms with Crippen molar-refractivity contribution in [3.63, 3.8) is 0 Å². The van der Waals surface area contributed by atoms with E-state index in [0.717, 1.165) is 24.0 Å². The van der Waals surface area contributed by atoms with Gasteiger partial charge in [-0.1, -0.05) is 47.5 Å². The molecule has 0 unspecified atom stereocenters. The molecule has 1 heterocycles. The molecular formula is C23H23Cl2NO3. The maximum Gasteiger partial charge on any atom is 0.304 e. The first-order chi connectivity index (χ1) is 13.9. The first kappa shape index (κ1) is 20.2. The minimum Gasteiger partial charge on any atom is -0.481 e. The molecule has 29 heavy (non-hydrogen) atoms. The molecule has 0 spiro atoms. The standard InChI is InChI=1S/C23H23Cl2NO3/c24-18-8-6-15(7-9-18)22-20(16-2-1-3-19(25)10-16)11-17(12-21(27)28)23(29)26(22)13-14-4-5-14/h1-3,6-10,14,17,20,22H,4-5,11-13H2,(H,27,28)/t17-,20+,22+/m1/s1. The monoisotopic (exact) mass is 431 g/mol. The normalized spacial score (nSPS) is 24.6. The van der Waals surface area contributed by atoms with Crippen LogP contribution in [0.15, 0.2) is 48.5 Å². The van der Waals surface area contributed by atoms with Crippen LogP contribution in [0.4, 0.5) is 0 Å². The number of hydrogen-bond donors (Lipinski definition) is 1. The zero-order valence-corrected chi connectivity index (χ0v) is 17.4. The Morgan fingerprint density at radius 1 is 1.03 bits per heavy atom. The SMILES string of the molecule is O=C(O)C[C@H]1C[C@@H](c2cccc(Cl)c2)[C@H](c2ccc(Cl)cc2)N(CC2CC2)C1=O. The van der Waals surface area contributed by atoms with Crippen LogP contribution < -0.4 is 0 Å². The summed E-state index contributed by atoms with van der Waals surface area (Å²) >= 11 is 12.4. The summed E-state index contributed by atoms with van der Waals surface area (Å²) in [5.74, 6) is -1.06. The number of piperidine rings is 1. The van der Waals surface area contributed by atoms with Crippen LogP contribution in [0.2, 0.25) is 10.0 Å². The number of aliphatic carboxylic acids is 1. The third-order valence-electron chi connectivity index (χ3n) is 5.95. The largest absolute Gasteiger partial charge is 0.481 e. The van der Waals surface area contributed by atoms with E-state index >= 15 is 0 Å².